The molecule has 0 bridgehead atoms. The monoisotopic (exact) mass is 540 g/mol. The minimum absolute atomic E-state index is 0.143. The summed E-state index contributed by atoms with van der Waals surface area (Å²) in [6.45, 7) is 5.96. The normalized spacial score (nSPS) is 13.4. The van der Waals surface area contributed by atoms with Crippen LogP contribution in [0.25, 0.3) is 22.5 Å². The molecule has 5 rings (SSSR count). The second-order valence-electron chi connectivity index (χ2n) is 9.61. The number of benzene rings is 3. The van der Waals surface area contributed by atoms with E-state index in [1.807, 2.05) is 67.6 Å². The summed E-state index contributed by atoms with van der Waals surface area (Å²) in [6.07, 6.45) is 1.07. The number of anilines is 2. The van der Waals surface area contributed by atoms with Crippen molar-refractivity contribution in [2.75, 3.05) is 25.2 Å². The lowest BCUT2D eigenvalue weighted by atomic mass is 9.93. The van der Waals surface area contributed by atoms with Crippen LogP contribution in [0.3, 0.4) is 0 Å². The van der Waals surface area contributed by atoms with Crippen molar-refractivity contribution in [3.05, 3.63) is 84.1 Å². The third kappa shape index (κ3) is 4.93. The first-order chi connectivity index (χ1) is 19.4. The van der Waals surface area contributed by atoms with Crippen molar-refractivity contribution in [3.63, 3.8) is 0 Å². The lowest BCUT2D eigenvalue weighted by Gasteiger charge is -2.23. The van der Waals surface area contributed by atoms with E-state index in [1.54, 1.807) is 33.1 Å². The summed E-state index contributed by atoms with van der Waals surface area (Å²) in [4.78, 5) is 27.1. The number of rotatable bonds is 9. The molecule has 1 aliphatic rings. The molecule has 0 unspecified atom stereocenters. The van der Waals surface area contributed by atoms with E-state index in [1.165, 1.54) is 4.90 Å². The summed E-state index contributed by atoms with van der Waals surface area (Å²) in [7, 11) is 1.55. The Morgan fingerprint density at radius 1 is 0.875 bits per heavy atom. The quantitative estimate of drug-likeness (QED) is 0.207. The van der Waals surface area contributed by atoms with Gasteiger partial charge in [0.1, 0.15) is 17.1 Å². The molecule has 1 heterocycles. The van der Waals surface area contributed by atoms with Crippen molar-refractivity contribution in [2.45, 2.75) is 39.0 Å². The van der Waals surface area contributed by atoms with Crippen LogP contribution < -0.4 is 9.64 Å². The van der Waals surface area contributed by atoms with Gasteiger partial charge in [-0.1, -0.05) is 65.8 Å². The lowest BCUT2D eigenvalue weighted by Crippen LogP contribution is -2.28. The van der Waals surface area contributed by atoms with Gasteiger partial charge in [0.15, 0.2) is 5.76 Å². The zero-order chi connectivity index (χ0) is 28.3. The summed E-state index contributed by atoms with van der Waals surface area (Å²) < 4.78 is 22.0. The van der Waals surface area contributed by atoms with Crippen LogP contribution in [0.5, 0.6) is 5.75 Å². The molecular weight excluding hydrogens is 508 g/mol. The second-order valence-corrected chi connectivity index (χ2v) is 9.61. The number of carbonyl (C=O) groups is 2. The number of aromatic nitrogens is 1. The standard InChI is InChI=1S/C32H32N2O6/c1-5-38-30(35)32(19-20-32)25-17-15-23(16-18-25)22-11-13-24(14-12-22)29-28(21(3)33-40-29)34(31(36)39-6-2)26-9-7-8-10-27(26)37-4/h7-18H,5-6,19-20H2,1-4H3. The summed E-state index contributed by atoms with van der Waals surface area (Å²) in [5.41, 5.74) is 4.79. The molecular formula is C32H32N2O6. The van der Waals surface area contributed by atoms with Crippen LogP contribution in [0.2, 0.25) is 0 Å². The van der Waals surface area contributed by atoms with Crippen molar-refractivity contribution < 1.29 is 28.3 Å². The molecule has 0 radical (unpaired) electrons. The first-order valence-corrected chi connectivity index (χ1v) is 13.4. The minimum atomic E-state index is -0.562. The van der Waals surface area contributed by atoms with Crippen LogP contribution in [-0.4, -0.2) is 37.5 Å². The van der Waals surface area contributed by atoms with Gasteiger partial charge in [-0.2, -0.15) is 0 Å². The minimum Gasteiger partial charge on any atom is -0.495 e. The Balaban J connectivity index is 1.46. The topological polar surface area (TPSA) is 91.1 Å². The molecule has 0 atom stereocenters. The van der Waals surface area contributed by atoms with Crippen molar-refractivity contribution in [1.29, 1.82) is 0 Å². The maximum Gasteiger partial charge on any atom is 0.419 e. The van der Waals surface area contributed by atoms with Gasteiger partial charge in [0.25, 0.3) is 0 Å². The van der Waals surface area contributed by atoms with Gasteiger partial charge in [-0.05, 0) is 62.4 Å². The van der Waals surface area contributed by atoms with Crippen molar-refractivity contribution >= 4 is 23.4 Å². The van der Waals surface area contributed by atoms with Crippen LogP contribution in [-0.2, 0) is 19.7 Å². The number of esters is 1. The molecule has 1 saturated carbocycles. The maximum absolute atomic E-state index is 13.2. The number of nitrogens with zero attached hydrogens (tertiary/aromatic N) is 2. The summed E-state index contributed by atoms with van der Waals surface area (Å²) >= 11 is 0. The molecule has 4 aromatic rings. The number of aryl methyl sites for hydroxylation is 1. The Morgan fingerprint density at radius 3 is 2.08 bits per heavy atom. The molecule has 1 aromatic heterocycles. The second kappa shape index (κ2) is 11.3. The molecule has 0 aliphatic heterocycles. The molecule has 0 N–H and O–H groups in total. The van der Waals surface area contributed by atoms with Crippen LogP contribution in [0, 0.1) is 6.92 Å². The lowest BCUT2D eigenvalue weighted by molar-refractivity contribution is -0.146. The molecule has 1 fully saturated rings. The largest absolute Gasteiger partial charge is 0.495 e. The van der Waals surface area contributed by atoms with Gasteiger partial charge < -0.3 is 18.7 Å². The Labute approximate surface area is 233 Å². The first kappa shape index (κ1) is 27.0. The van der Waals surface area contributed by atoms with E-state index in [0.29, 0.717) is 35.2 Å². The van der Waals surface area contributed by atoms with Crippen LogP contribution in [0.4, 0.5) is 16.2 Å². The molecule has 1 aliphatic carbocycles. The van der Waals surface area contributed by atoms with Gasteiger partial charge >= 0.3 is 12.1 Å². The fourth-order valence-corrected chi connectivity index (χ4v) is 4.93. The van der Waals surface area contributed by atoms with Gasteiger partial charge in [0.2, 0.25) is 0 Å². The summed E-state index contributed by atoms with van der Waals surface area (Å²) in [6, 6.07) is 23.1. The Morgan fingerprint density at radius 2 is 1.48 bits per heavy atom. The van der Waals surface area contributed by atoms with Gasteiger partial charge in [-0.25, -0.2) is 9.69 Å². The number of para-hydroxylation sites is 2. The predicted octanol–water partition coefficient (Wildman–Crippen LogP) is 7.21. The third-order valence-corrected chi connectivity index (χ3v) is 7.17. The van der Waals surface area contributed by atoms with Crippen LogP contribution in [0.1, 0.15) is 37.9 Å². The predicted molar refractivity (Wildman–Crippen MR) is 152 cm³/mol. The number of ether oxygens (including phenoxy) is 3. The molecule has 0 saturated heterocycles. The fourth-order valence-electron chi connectivity index (χ4n) is 4.93. The summed E-state index contributed by atoms with van der Waals surface area (Å²) in [5.74, 6) is 0.801. The van der Waals surface area contributed by atoms with E-state index < -0.39 is 11.5 Å². The smallest absolute Gasteiger partial charge is 0.419 e. The Kier molecular flexibility index (Phi) is 7.60. The molecule has 206 valence electrons. The zero-order valence-corrected chi connectivity index (χ0v) is 23.1. The van der Waals surface area contributed by atoms with Gasteiger partial charge in [-0.3, -0.25) is 4.79 Å². The maximum atomic E-state index is 13.2. The van der Waals surface area contributed by atoms with Gasteiger partial charge in [0, 0.05) is 5.56 Å². The van der Waals surface area contributed by atoms with Crippen LogP contribution in [0.15, 0.2) is 77.3 Å². The van der Waals surface area contributed by atoms with E-state index in [9.17, 15) is 9.59 Å². The van der Waals surface area contributed by atoms with E-state index in [0.717, 1.165) is 35.1 Å². The van der Waals surface area contributed by atoms with Crippen LogP contribution >= 0.6 is 0 Å². The molecule has 0 spiro atoms. The zero-order valence-electron chi connectivity index (χ0n) is 23.1. The number of hydrogen-bond donors (Lipinski definition) is 0. The molecule has 3 aromatic carbocycles. The Hall–Kier alpha value is -4.59. The Bertz CT molecular complexity index is 1500. The van der Waals surface area contributed by atoms with Crippen molar-refractivity contribution in [1.82, 2.24) is 5.16 Å². The molecule has 40 heavy (non-hydrogen) atoms. The highest BCUT2D eigenvalue weighted by Crippen LogP contribution is 2.49. The van der Waals surface area contributed by atoms with Crippen molar-refractivity contribution in [3.8, 4) is 28.2 Å². The average Bonchev–Trinajstić information content (AvgIpc) is 3.72. The average molecular weight is 541 g/mol. The fraction of sp³-hybridized carbons (Fsp3) is 0.281. The number of methoxy groups -OCH3 is 1. The molecule has 8 nitrogen and oxygen atoms in total. The van der Waals surface area contributed by atoms with E-state index in [4.69, 9.17) is 18.7 Å². The van der Waals surface area contributed by atoms with Gasteiger partial charge in [-0.15, -0.1) is 0 Å². The molecule has 1 amide bonds. The highest BCUT2D eigenvalue weighted by atomic mass is 16.6. The number of carbonyl (C=O) groups excluding carboxylic acids is 2. The SMILES string of the molecule is CCOC(=O)N(c1ccccc1OC)c1c(C)noc1-c1ccc(-c2ccc(C3(C(=O)OCC)CC3)cc2)cc1. The van der Waals surface area contributed by atoms with Gasteiger partial charge in [0.05, 0.1) is 31.4 Å². The highest BCUT2D eigenvalue weighted by molar-refractivity contribution is 6.01. The molecule has 8 heteroatoms. The van der Waals surface area contributed by atoms with Crippen molar-refractivity contribution in [2.24, 2.45) is 0 Å². The first-order valence-electron chi connectivity index (χ1n) is 13.4. The third-order valence-electron chi connectivity index (χ3n) is 7.17. The number of hydrogen-bond acceptors (Lipinski definition) is 7. The number of amides is 1. The van der Waals surface area contributed by atoms with E-state index in [2.05, 4.69) is 5.16 Å². The van der Waals surface area contributed by atoms with E-state index >= 15 is 0 Å². The highest BCUT2D eigenvalue weighted by Gasteiger charge is 2.52. The van der Waals surface area contributed by atoms with E-state index in [-0.39, 0.29) is 12.6 Å². The summed E-state index contributed by atoms with van der Waals surface area (Å²) in [5, 5.41) is 4.18.